The summed E-state index contributed by atoms with van der Waals surface area (Å²) in [6, 6.07) is 0.421. The van der Waals surface area contributed by atoms with Gasteiger partial charge in [0.05, 0.1) is 0 Å². The van der Waals surface area contributed by atoms with E-state index < -0.39 is 0 Å². The molecule has 0 saturated carbocycles. The molecule has 1 unspecified atom stereocenters. The Morgan fingerprint density at radius 3 is 2.41 bits per heavy atom. The largest absolute Gasteiger partial charge is 0.338 e. The van der Waals surface area contributed by atoms with Gasteiger partial charge in [-0.15, -0.1) is 0 Å². The van der Waals surface area contributed by atoms with E-state index in [1.54, 1.807) is 0 Å². The van der Waals surface area contributed by atoms with Crippen molar-refractivity contribution in [2.24, 2.45) is 5.92 Å². The van der Waals surface area contributed by atoms with Gasteiger partial charge in [-0.1, -0.05) is 13.8 Å². The van der Waals surface area contributed by atoms with Crippen molar-refractivity contribution in [3.63, 3.8) is 0 Å². The minimum Gasteiger partial charge on any atom is -0.338 e. The molecule has 2 amide bonds. The van der Waals surface area contributed by atoms with E-state index in [-0.39, 0.29) is 6.03 Å². The molecule has 0 bridgehead atoms. The third kappa shape index (κ3) is 5.91. The molecular weight excluding hydrogens is 214 g/mol. The second-order valence-corrected chi connectivity index (χ2v) is 5.41. The fourth-order valence-electron chi connectivity index (χ4n) is 2.09. The molecule has 4 heteroatoms. The Bertz CT molecular complexity index is 225. The van der Waals surface area contributed by atoms with E-state index in [0.717, 1.165) is 19.5 Å². The summed E-state index contributed by atoms with van der Waals surface area (Å²) in [6.45, 7) is 10.4. The minimum absolute atomic E-state index is 0.0308. The van der Waals surface area contributed by atoms with Crippen molar-refractivity contribution >= 4 is 6.03 Å². The summed E-state index contributed by atoms with van der Waals surface area (Å²) < 4.78 is 0. The first-order valence-electron chi connectivity index (χ1n) is 6.85. The molecule has 1 aliphatic rings. The number of nitrogens with zero attached hydrogens (tertiary/aromatic N) is 1. The van der Waals surface area contributed by atoms with Gasteiger partial charge in [-0.2, -0.15) is 0 Å². The quantitative estimate of drug-likeness (QED) is 0.745. The van der Waals surface area contributed by atoms with Crippen molar-refractivity contribution < 1.29 is 4.79 Å². The zero-order chi connectivity index (χ0) is 12.7. The molecule has 0 aromatic carbocycles. The molecule has 1 saturated heterocycles. The zero-order valence-corrected chi connectivity index (χ0v) is 11.5. The van der Waals surface area contributed by atoms with Crippen LogP contribution in [0.3, 0.4) is 0 Å². The van der Waals surface area contributed by atoms with Gasteiger partial charge in [0.1, 0.15) is 0 Å². The lowest BCUT2D eigenvalue weighted by Gasteiger charge is -2.23. The van der Waals surface area contributed by atoms with Crippen LogP contribution in [-0.2, 0) is 0 Å². The van der Waals surface area contributed by atoms with Gasteiger partial charge >= 0.3 is 6.03 Å². The second kappa shape index (κ2) is 7.54. The highest BCUT2D eigenvalue weighted by Gasteiger charge is 2.18. The van der Waals surface area contributed by atoms with Crippen LogP contribution in [-0.4, -0.2) is 43.2 Å². The summed E-state index contributed by atoms with van der Waals surface area (Å²) in [5.74, 6) is 0.638. The molecule has 100 valence electrons. The molecule has 0 aromatic heterocycles. The molecule has 0 radical (unpaired) electrons. The molecule has 4 nitrogen and oxygen atoms in total. The lowest BCUT2D eigenvalue weighted by molar-refractivity contribution is 0.226. The normalized spacial score (nSPS) is 18.4. The Morgan fingerprint density at radius 1 is 1.18 bits per heavy atom. The number of carbonyl (C=O) groups is 1. The van der Waals surface area contributed by atoms with Gasteiger partial charge in [0, 0.05) is 19.1 Å². The monoisotopic (exact) mass is 241 g/mol. The van der Waals surface area contributed by atoms with Crippen molar-refractivity contribution in [3.8, 4) is 0 Å². The first kappa shape index (κ1) is 14.3. The fourth-order valence-corrected chi connectivity index (χ4v) is 2.09. The fraction of sp³-hybridized carbons (Fsp3) is 0.923. The minimum atomic E-state index is -0.0308. The van der Waals surface area contributed by atoms with Crippen LogP contribution < -0.4 is 10.6 Å². The van der Waals surface area contributed by atoms with Gasteiger partial charge in [0.2, 0.25) is 0 Å². The predicted octanol–water partition coefficient (Wildman–Crippen LogP) is 1.82. The molecule has 1 rings (SSSR count). The maximum absolute atomic E-state index is 11.5. The summed E-state index contributed by atoms with van der Waals surface area (Å²) in [6.07, 6.45) is 3.63. The van der Waals surface area contributed by atoms with E-state index in [4.69, 9.17) is 0 Å². The maximum Gasteiger partial charge on any atom is 0.314 e. The standard InChI is InChI=1S/C13H27N3O/c1-11(2)6-7-14-13(17)15-10-12(3)16-8-4-5-9-16/h11-12H,4-10H2,1-3H3,(H2,14,15,17). The molecule has 2 N–H and O–H groups in total. The van der Waals surface area contributed by atoms with Crippen molar-refractivity contribution in [2.45, 2.75) is 46.1 Å². The van der Waals surface area contributed by atoms with Crippen molar-refractivity contribution in [1.29, 1.82) is 0 Å². The highest BCUT2D eigenvalue weighted by molar-refractivity contribution is 5.73. The highest BCUT2D eigenvalue weighted by atomic mass is 16.2. The van der Waals surface area contributed by atoms with E-state index in [2.05, 4.69) is 36.3 Å². The zero-order valence-electron chi connectivity index (χ0n) is 11.5. The number of likely N-dealkylation sites (tertiary alicyclic amines) is 1. The summed E-state index contributed by atoms with van der Waals surface area (Å²) in [7, 11) is 0. The van der Waals surface area contributed by atoms with Gasteiger partial charge in [-0.3, -0.25) is 4.90 Å². The number of carbonyl (C=O) groups excluding carboxylic acids is 1. The number of hydrogen-bond donors (Lipinski definition) is 2. The predicted molar refractivity (Wildman–Crippen MR) is 71.1 cm³/mol. The van der Waals surface area contributed by atoms with Gasteiger partial charge < -0.3 is 10.6 Å². The van der Waals surface area contributed by atoms with Crippen LogP contribution >= 0.6 is 0 Å². The molecule has 1 heterocycles. The first-order chi connectivity index (χ1) is 8.09. The van der Waals surface area contributed by atoms with Gasteiger partial charge in [-0.25, -0.2) is 4.79 Å². The molecule has 1 atom stereocenters. The lowest BCUT2D eigenvalue weighted by atomic mass is 10.1. The van der Waals surface area contributed by atoms with Crippen LogP contribution in [0, 0.1) is 5.92 Å². The van der Waals surface area contributed by atoms with Crippen LogP contribution in [0.2, 0.25) is 0 Å². The Kier molecular flexibility index (Phi) is 6.34. The Balaban J connectivity index is 2.06. The highest BCUT2D eigenvalue weighted by Crippen LogP contribution is 2.10. The van der Waals surface area contributed by atoms with Crippen LogP contribution in [0.5, 0.6) is 0 Å². The van der Waals surface area contributed by atoms with Crippen LogP contribution in [0.4, 0.5) is 4.79 Å². The Labute approximate surface area is 105 Å². The number of urea groups is 1. The van der Waals surface area contributed by atoms with Gasteiger partial charge in [0.25, 0.3) is 0 Å². The second-order valence-electron chi connectivity index (χ2n) is 5.41. The van der Waals surface area contributed by atoms with E-state index >= 15 is 0 Å². The third-order valence-corrected chi connectivity index (χ3v) is 3.33. The molecule has 0 aromatic rings. The molecular formula is C13H27N3O. The van der Waals surface area contributed by atoms with E-state index in [0.29, 0.717) is 12.0 Å². The Hall–Kier alpha value is -0.770. The summed E-state index contributed by atoms with van der Waals surface area (Å²) in [5.41, 5.74) is 0. The van der Waals surface area contributed by atoms with E-state index in [1.807, 2.05) is 0 Å². The molecule has 1 aliphatic heterocycles. The van der Waals surface area contributed by atoms with Crippen LogP contribution in [0.1, 0.15) is 40.0 Å². The Morgan fingerprint density at radius 2 is 1.82 bits per heavy atom. The maximum atomic E-state index is 11.5. The summed E-state index contributed by atoms with van der Waals surface area (Å²) in [5, 5.41) is 5.83. The van der Waals surface area contributed by atoms with Crippen molar-refractivity contribution in [2.75, 3.05) is 26.2 Å². The summed E-state index contributed by atoms with van der Waals surface area (Å²) >= 11 is 0. The summed E-state index contributed by atoms with van der Waals surface area (Å²) in [4.78, 5) is 13.9. The number of nitrogens with one attached hydrogen (secondary N) is 2. The average molecular weight is 241 g/mol. The third-order valence-electron chi connectivity index (χ3n) is 3.33. The van der Waals surface area contributed by atoms with Gasteiger partial charge in [0.15, 0.2) is 0 Å². The topological polar surface area (TPSA) is 44.4 Å². The van der Waals surface area contributed by atoms with Crippen LogP contribution in [0.25, 0.3) is 0 Å². The number of hydrogen-bond acceptors (Lipinski definition) is 2. The molecule has 17 heavy (non-hydrogen) atoms. The number of rotatable bonds is 6. The van der Waals surface area contributed by atoms with Crippen molar-refractivity contribution in [1.82, 2.24) is 15.5 Å². The van der Waals surface area contributed by atoms with E-state index in [9.17, 15) is 4.79 Å². The molecule has 0 spiro atoms. The van der Waals surface area contributed by atoms with Crippen LogP contribution in [0.15, 0.2) is 0 Å². The average Bonchev–Trinajstić information content (AvgIpc) is 2.78. The SMILES string of the molecule is CC(C)CCNC(=O)NCC(C)N1CCCC1. The van der Waals surface area contributed by atoms with Gasteiger partial charge in [-0.05, 0) is 45.2 Å². The first-order valence-corrected chi connectivity index (χ1v) is 6.85. The number of amides is 2. The lowest BCUT2D eigenvalue weighted by Crippen LogP contribution is -2.44. The smallest absolute Gasteiger partial charge is 0.314 e. The molecule has 1 fully saturated rings. The van der Waals surface area contributed by atoms with Crippen molar-refractivity contribution in [3.05, 3.63) is 0 Å². The van der Waals surface area contributed by atoms with E-state index in [1.165, 1.54) is 25.9 Å². The molecule has 0 aliphatic carbocycles.